The lowest BCUT2D eigenvalue weighted by molar-refractivity contribution is -0.121. The SMILES string of the molecule is CCC(NC(=O)CCc1c(C)c2ccc(OC)cc2oc1=O)c1ccc(C)cc1. The van der Waals surface area contributed by atoms with Crippen LogP contribution in [0.4, 0.5) is 0 Å². The predicted octanol–water partition coefficient (Wildman–Crippen LogP) is 4.62. The molecule has 3 rings (SSSR count). The van der Waals surface area contributed by atoms with E-state index in [1.807, 2.05) is 57.2 Å². The number of benzene rings is 2. The Hall–Kier alpha value is -3.08. The highest BCUT2D eigenvalue weighted by Gasteiger charge is 2.16. The number of hydrogen-bond acceptors (Lipinski definition) is 4. The maximum atomic E-state index is 12.5. The maximum absolute atomic E-state index is 12.5. The highest BCUT2D eigenvalue weighted by Crippen LogP contribution is 2.24. The lowest BCUT2D eigenvalue weighted by atomic mass is 10.0. The van der Waals surface area contributed by atoms with Crippen molar-refractivity contribution >= 4 is 16.9 Å². The Morgan fingerprint density at radius 2 is 1.86 bits per heavy atom. The van der Waals surface area contributed by atoms with Gasteiger partial charge in [0.25, 0.3) is 0 Å². The van der Waals surface area contributed by atoms with Crippen molar-refractivity contribution < 1.29 is 13.9 Å². The van der Waals surface area contributed by atoms with Gasteiger partial charge in [-0.15, -0.1) is 0 Å². The predicted molar refractivity (Wildman–Crippen MR) is 114 cm³/mol. The van der Waals surface area contributed by atoms with Gasteiger partial charge in [-0.25, -0.2) is 4.79 Å². The number of aryl methyl sites for hydroxylation is 2. The summed E-state index contributed by atoms with van der Waals surface area (Å²) in [4.78, 5) is 25.0. The van der Waals surface area contributed by atoms with Crippen LogP contribution in [-0.2, 0) is 11.2 Å². The van der Waals surface area contributed by atoms with E-state index in [1.165, 1.54) is 5.56 Å². The average molecular weight is 393 g/mol. The largest absolute Gasteiger partial charge is 0.497 e. The lowest BCUT2D eigenvalue weighted by Gasteiger charge is -2.18. The van der Waals surface area contributed by atoms with Crippen LogP contribution in [0.25, 0.3) is 11.0 Å². The maximum Gasteiger partial charge on any atom is 0.339 e. The molecular weight excluding hydrogens is 366 g/mol. The van der Waals surface area contributed by atoms with E-state index in [1.54, 1.807) is 13.2 Å². The van der Waals surface area contributed by atoms with Crippen molar-refractivity contribution in [2.24, 2.45) is 0 Å². The first kappa shape index (κ1) is 20.6. The van der Waals surface area contributed by atoms with Gasteiger partial charge in [-0.3, -0.25) is 4.79 Å². The van der Waals surface area contributed by atoms with Gasteiger partial charge in [-0.05, 0) is 49.9 Å². The Labute approximate surface area is 170 Å². The molecule has 0 aliphatic rings. The monoisotopic (exact) mass is 393 g/mol. The van der Waals surface area contributed by atoms with E-state index in [9.17, 15) is 9.59 Å². The Kier molecular flexibility index (Phi) is 6.37. The quantitative estimate of drug-likeness (QED) is 0.595. The number of amides is 1. The third-order valence-corrected chi connectivity index (χ3v) is 5.32. The lowest BCUT2D eigenvalue weighted by Crippen LogP contribution is -2.28. The van der Waals surface area contributed by atoms with Gasteiger partial charge in [0.1, 0.15) is 11.3 Å². The second kappa shape index (κ2) is 8.95. The van der Waals surface area contributed by atoms with Crippen LogP contribution in [-0.4, -0.2) is 13.0 Å². The van der Waals surface area contributed by atoms with Crippen molar-refractivity contribution in [3.05, 3.63) is 75.1 Å². The summed E-state index contributed by atoms with van der Waals surface area (Å²) in [6.45, 7) is 5.97. The van der Waals surface area contributed by atoms with Gasteiger partial charge in [0.15, 0.2) is 0 Å². The average Bonchev–Trinajstić information content (AvgIpc) is 2.72. The van der Waals surface area contributed by atoms with Crippen molar-refractivity contribution in [3.8, 4) is 5.75 Å². The van der Waals surface area contributed by atoms with Crippen molar-refractivity contribution in [2.45, 2.75) is 46.1 Å². The molecule has 1 amide bonds. The first-order valence-electron chi connectivity index (χ1n) is 9.89. The van der Waals surface area contributed by atoms with Crippen LogP contribution in [0, 0.1) is 13.8 Å². The smallest absolute Gasteiger partial charge is 0.339 e. The molecule has 152 valence electrons. The first-order valence-corrected chi connectivity index (χ1v) is 9.89. The Balaban J connectivity index is 1.73. The van der Waals surface area contributed by atoms with Crippen molar-refractivity contribution in [3.63, 3.8) is 0 Å². The fourth-order valence-electron chi connectivity index (χ4n) is 3.52. The van der Waals surface area contributed by atoms with E-state index in [-0.39, 0.29) is 18.4 Å². The molecule has 1 atom stereocenters. The molecule has 29 heavy (non-hydrogen) atoms. The van der Waals surface area contributed by atoms with Gasteiger partial charge in [-0.2, -0.15) is 0 Å². The van der Waals surface area contributed by atoms with Gasteiger partial charge < -0.3 is 14.5 Å². The summed E-state index contributed by atoms with van der Waals surface area (Å²) in [5.41, 5.74) is 3.75. The number of nitrogens with one attached hydrogen (secondary N) is 1. The molecule has 0 aliphatic carbocycles. The fraction of sp³-hybridized carbons (Fsp3) is 0.333. The van der Waals surface area contributed by atoms with Gasteiger partial charge in [-0.1, -0.05) is 36.8 Å². The number of fused-ring (bicyclic) bond motifs is 1. The molecule has 1 N–H and O–H groups in total. The summed E-state index contributed by atoms with van der Waals surface area (Å²) in [6, 6.07) is 13.5. The van der Waals surface area contributed by atoms with E-state index >= 15 is 0 Å². The zero-order chi connectivity index (χ0) is 21.0. The Morgan fingerprint density at radius 3 is 2.52 bits per heavy atom. The van der Waals surface area contributed by atoms with Crippen LogP contribution in [0.1, 0.15) is 48.1 Å². The highest BCUT2D eigenvalue weighted by molar-refractivity contribution is 5.82. The summed E-state index contributed by atoms with van der Waals surface area (Å²) in [6.07, 6.45) is 1.37. The fourth-order valence-corrected chi connectivity index (χ4v) is 3.52. The number of ether oxygens (including phenoxy) is 1. The van der Waals surface area contributed by atoms with Crippen LogP contribution in [0.2, 0.25) is 0 Å². The molecule has 1 unspecified atom stereocenters. The Bertz CT molecular complexity index is 1070. The van der Waals surface area contributed by atoms with Crippen LogP contribution >= 0.6 is 0 Å². The molecule has 0 spiro atoms. The number of carbonyl (C=O) groups is 1. The molecule has 0 saturated carbocycles. The van der Waals surface area contributed by atoms with Gasteiger partial charge in [0.05, 0.1) is 13.2 Å². The molecule has 0 aliphatic heterocycles. The van der Waals surface area contributed by atoms with E-state index in [0.29, 0.717) is 23.3 Å². The first-order chi connectivity index (χ1) is 13.9. The molecule has 0 saturated heterocycles. The molecule has 5 nitrogen and oxygen atoms in total. The minimum absolute atomic E-state index is 0.0373. The van der Waals surface area contributed by atoms with E-state index in [0.717, 1.165) is 22.9 Å². The van der Waals surface area contributed by atoms with Crippen LogP contribution in [0.5, 0.6) is 5.75 Å². The van der Waals surface area contributed by atoms with Crippen molar-refractivity contribution in [1.29, 1.82) is 0 Å². The third kappa shape index (κ3) is 4.67. The van der Waals surface area contributed by atoms with E-state index in [2.05, 4.69) is 5.32 Å². The minimum Gasteiger partial charge on any atom is -0.497 e. The van der Waals surface area contributed by atoms with Gasteiger partial charge in [0.2, 0.25) is 5.91 Å². The van der Waals surface area contributed by atoms with Crippen LogP contribution < -0.4 is 15.7 Å². The molecule has 1 aromatic heterocycles. The topological polar surface area (TPSA) is 68.5 Å². The summed E-state index contributed by atoms with van der Waals surface area (Å²) in [7, 11) is 1.57. The number of carbonyl (C=O) groups excluding carboxylic acids is 1. The number of rotatable bonds is 7. The zero-order valence-electron chi connectivity index (χ0n) is 17.4. The van der Waals surface area contributed by atoms with E-state index in [4.69, 9.17) is 9.15 Å². The summed E-state index contributed by atoms with van der Waals surface area (Å²) < 4.78 is 10.7. The summed E-state index contributed by atoms with van der Waals surface area (Å²) in [5, 5.41) is 3.93. The van der Waals surface area contributed by atoms with Crippen LogP contribution in [0.3, 0.4) is 0 Å². The Morgan fingerprint density at radius 1 is 1.14 bits per heavy atom. The molecule has 5 heteroatoms. The normalized spacial score (nSPS) is 12.0. The summed E-state index contributed by atoms with van der Waals surface area (Å²) in [5.74, 6) is 0.556. The standard InChI is InChI=1S/C24H27NO4/c1-5-21(17-8-6-15(2)7-9-17)25-23(26)13-12-20-16(3)19-11-10-18(28-4)14-22(19)29-24(20)27/h6-11,14,21H,5,12-13H2,1-4H3,(H,25,26). The number of methoxy groups -OCH3 is 1. The highest BCUT2D eigenvalue weighted by atomic mass is 16.5. The second-order valence-electron chi connectivity index (χ2n) is 7.29. The molecule has 2 aromatic carbocycles. The van der Waals surface area contributed by atoms with E-state index < -0.39 is 5.63 Å². The molecular formula is C24H27NO4. The molecule has 0 bridgehead atoms. The second-order valence-corrected chi connectivity index (χ2v) is 7.29. The molecule has 1 heterocycles. The van der Waals surface area contributed by atoms with Crippen molar-refractivity contribution in [1.82, 2.24) is 5.32 Å². The summed E-state index contributed by atoms with van der Waals surface area (Å²) >= 11 is 0. The van der Waals surface area contributed by atoms with Gasteiger partial charge >= 0.3 is 5.63 Å². The number of hydrogen-bond donors (Lipinski definition) is 1. The zero-order valence-corrected chi connectivity index (χ0v) is 17.4. The van der Waals surface area contributed by atoms with Crippen molar-refractivity contribution in [2.75, 3.05) is 7.11 Å². The molecule has 0 radical (unpaired) electrons. The minimum atomic E-state index is -0.401. The molecule has 3 aromatic rings. The van der Waals surface area contributed by atoms with Crippen LogP contribution in [0.15, 0.2) is 51.7 Å². The molecule has 0 fully saturated rings. The van der Waals surface area contributed by atoms with Gasteiger partial charge in [0, 0.05) is 23.4 Å². The third-order valence-electron chi connectivity index (χ3n) is 5.32.